The Morgan fingerprint density at radius 1 is 1.27 bits per heavy atom. The van der Waals surface area contributed by atoms with Gasteiger partial charge in [0.2, 0.25) is 0 Å². The Morgan fingerprint density at radius 3 is 2.73 bits per heavy atom. The molecule has 2 rings (SSSR count). The maximum Gasteiger partial charge on any atom is 0.0929 e. The molecule has 0 aromatic carbocycles. The number of hydrogen-bond acceptors (Lipinski definition) is 3. The van der Waals surface area contributed by atoms with E-state index in [0.717, 1.165) is 26.2 Å². The molecule has 1 unspecified atom stereocenters. The highest BCUT2D eigenvalue weighted by molar-refractivity contribution is 4.71. The molecular formula is C8H16N2O. The van der Waals surface area contributed by atoms with E-state index in [4.69, 9.17) is 4.84 Å². The topological polar surface area (TPSA) is 24.5 Å². The molecule has 2 saturated heterocycles. The van der Waals surface area contributed by atoms with Gasteiger partial charge in [-0.3, -0.25) is 4.84 Å². The van der Waals surface area contributed by atoms with E-state index in [2.05, 4.69) is 10.4 Å². The largest absolute Gasteiger partial charge is 0.314 e. The second-order valence-electron chi connectivity index (χ2n) is 3.36. The summed E-state index contributed by atoms with van der Waals surface area (Å²) < 4.78 is 0. The Morgan fingerprint density at radius 2 is 2.09 bits per heavy atom. The molecule has 0 bridgehead atoms. The molecular weight excluding hydrogens is 140 g/mol. The monoisotopic (exact) mass is 156 g/mol. The Hall–Kier alpha value is -0.120. The van der Waals surface area contributed by atoms with Gasteiger partial charge < -0.3 is 5.32 Å². The predicted molar refractivity (Wildman–Crippen MR) is 43.2 cm³/mol. The van der Waals surface area contributed by atoms with E-state index in [0.29, 0.717) is 6.10 Å². The summed E-state index contributed by atoms with van der Waals surface area (Å²) in [7, 11) is 0. The molecule has 2 fully saturated rings. The Labute approximate surface area is 67.7 Å². The lowest BCUT2D eigenvalue weighted by atomic mass is 10.3. The maximum absolute atomic E-state index is 5.74. The zero-order valence-corrected chi connectivity index (χ0v) is 6.88. The summed E-state index contributed by atoms with van der Waals surface area (Å²) in [5, 5.41) is 5.42. The molecule has 2 aliphatic heterocycles. The molecule has 2 aliphatic rings. The van der Waals surface area contributed by atoms with Crippen LogP contribution in [0.4, 0.5) is 0 Å². The normalized spacial score (nSPS) is 33.3. The van der Waals surface area contributed by atoms with Crippen LogP contribution < -0.4 is 5.32 Å². The van der Waals surface area contributed by atoms with Crippen molar-refractivity contribution in [1.82, 2.24) is 10.4 Å². The van der Waals surface area contributed by atoms with Crippen molar-refractivity contribution in [3.63, 3.8) is 0 Å². The Bertz CT molecular complexity index is 103. The first-order valence-corrected chi connectivity index (χ1v) is 4.57. The van der Waals surface area contributed by atoms with Crippen LogP contribution in [0.1, 0.15) is 19.3 Å². The summed E-state index contributed by atoms with van der Waals surface area (Å²) in [5.74, 6) is 0. The van der Waals surface area contributed by atoms with E-state index in [1.54, 1.807) is 0 Å². The highest BCUT2D eigenvalue weighted by Gasteiger charge is 2.20. The van der Waals surface area contributed by atoms with Crippen molar-refractivity contribution in [3.8, 4) is 0 Å². The minimum atomic E-state index is 0.452. The van der Waals surface area contributed by atoms with Crippen molar-refractivity contribution < 1.29 is 4.84 Å². The number of nitrogens with one attached hydrogen (secondary N) is 1. The molecule has 64 valence electrons. The molecule has 1 N–H and O–H groups in total. The summed E-state index contributed by atoms with van der Waals surface area (Å²) >= 11 is 0. The highest BCUT2D eigenvalue weighted by atomic mass is 16.7. The maximum atomic E-state index is 5.74. The second-order valence-corrected chi connectivity index (χ2v) is 3.36. The number of hydrogen-bond donors (Lipinski definition) is 1. The highest BCUT2D eigenvalue weighted by Crippen LogP contribution is 2.12. The number of nitrogens with zero attached hydrogens (tertiary/aromatic N) is 1. The average Bonchev–Trinajstić information content (AvgIpc) is 2.60. The van der Waals surface area contributed by atoms with Crippen molar-refractivity contribution in [2.45, 2.75) is 25.4 Å². The van der Waals surface area contributed by atoms with Gasteiger partial charge in [-0.25, -0.2) is 0 Å². The predicted octanol–water partition coefficient (Wildman–Crippen LogP) is 0.376. The minimum Gasteiger partial charge on any atom is -0.314 e. The first-order chi connectivity index (χ1) is 5.45. The summed E-state index contributed by atoms with van der Waals surface area (Å²) in [5.41, 5.74) is 0. The van der Waals surface area contributed by atoms with E-state index in [1.807, 2.05) is 0 Å². The zero-order chi connectivity index (χ0) is 7.52. The summed E-state index contributed by atoms with van der Waals surface area (Å²) in [6.07, 6.45) is 4.24. The average molecular weight is 156 g/mol. The van der Waals surface area contributed by atoms with Crippen molar-refractivity contribution >= 4 is 0 Å². The first kappa shape index (κ1) is 7.53. The first-order valence-electron chi connectivity index (χ1n) is 4.57. The van der Waals surface area contributed by atoms with E-state index in [1.165, 1.54) is 19.3 Å². The lowest BCUT2D eigenvalue weighted by Crippen LogP contribution is -2.28. The third-order valence-corrected chi connectivity index (χ3v) is 2.38. The fourth-order valence-corrected chi connectivity index (χ4v) is 1.72. The van der Waals surface area contributed by atoms with Gasteiger partial charge >= 0.3 is 0 Å². The molecule has 3 nitrogen and oxygen atoms in total. The summed E-state index contributed by atoms with van der Waals surface area (Å²) in [6, 6.07) is 0. The second kappa shape index (κ2) is 3.52. The van der Waals surface area contributed by atoms with E-state index < -0.39 is 0 Å². The van der Waals surface area contributed by atoms with Crippen LogP contribution >= 0.6 is 0 Å². The van der Waals surface area contributed by atoms with Gasteiger partial charge in [0.25, 0.3) is 0 Å². The molecule has 11 heavy (non-hydrogen) atoms. The van der Waals surface area contributed by atoms with Crippen LogP contribution in [0.25, 0.3) is 0 Å². The zero-order valence-electron chi connectivity index (χ0n) is 6.88. The molecule has 0 aromatic rings. The third-order valence-electron chi connectivity index (χ3n) is 2.38. The van der Waals surface area contributed by atoms with E-state index in [-0.39, 0.29) is 0 Å². The fourth-order valence-electron chi connectivity index (χ4n) is 1.72. The molecule has 1 atom stereocenters. The van der Waals surface area contributed by atoms with Gasteiger partial charge in [-0.15, -0.1) is 0 Å². The van der Waals surface area contributed by atoms with Gasteiger partial charge in [0.15, 0.2) is 0 Å². The molecule has 0 saturated carbocycles. The molecule has 0 amide bonds. The lowest BCUT2D eigenvalue weighted by Gasteiger charge is -2.19. The van der Waals surface area contributed by atoms with Gasteiger partial charge in [-0.1, -0.05) is 0 Å². The third kappa shape index (κ3) is 1.92. The Kier molecular flexibility index (Phi) is 2.41. The molecule has 3 heteroatoms. The van der Waals surface area contributed by atoms with Crippen molar-refractivity contribution in [3.05, 3.63) is 0 Å². The lowest BCUT2D eigenvalue weighted by molar-refractivity contribution is -0.177. The fraction of sp³-hybridized carbons (Fsp3) is 1.00. The number of hydroxylamine groups is 2. The van der Waals surface area contributed by atoms with Crippen molar-refractivity contribution in [2.75, 3.05) is 26.2 Å². The van der Waals surface area contributed by atoms with Crippen LogP contribution in [-0.2, 0) is 4.84 Å². The SMILES string of the molecule is C1CCN(OC2CCNC2)C1. The van der Waals surface area contributed by atoms with Gasteiger partial charge in [0, 0.05) is 19.6 Å². The van der Waals surface area contributed by atoms with Gasteiger partial charge in [-0.05, 0) is 25.8 Å². The molecule has 2 heterocycles. The molecule has 0 spiro atoms. The van der Waals surface area contributed by atoms with E-state index in [9.17, 15) is 0 Å². The van der Waals surface area contributed by atoms with Gasteiger partial charge in [0.05, 0.1) is 6.10 Å². The molecule has 0 radical (unpaired) electrons. The summed E-state index contributed by atoms with van der Waals surface area (Å²) in [6.45, 7) is 4.43. The quantitative estimate of drug-likeness (QED) is 0.625. The van der Waals surface area contributed by atoms with E-state index >= 15 is 0 Å². The standard InChI is InChI=1S/C8H16N2O/c1-2-6-10(5-1)11-8-3-4-9-7-8/h8-9H,1-7H2. The van der Waals surface area contributed by atoms with Crippen LogP contribution in [0.15, 0.2) is 0 Å². The van der Waals surface area contributed by atoms with Crippen molar-refractivity contribution in [2.24, 2.45) is 0 Å². The molecule has 0 aromatic heterocycles. The molecule has 0 aliphatic carbocycles. The minimum absolute atomic E-state index is 0.452. The summed E-state index contributed by atoms with van der Waals surface area (Å²) in [4.78, 5) is 5.74. The Balaban J connectivity index is 1.71. The van der Waals surface area contributed by atoms with Gasteiger partial charge in [-0.2, -0.15) is 5.06 Å². The number of rotatable bonds is 2. The smallest absolute Gasteiger partial charge is 0.0929 e. The van der Waals surface area contributed by atoms with Crippen LogP contribution in [0.5, 0.6) is 0 Å². The van der Waals surface area contributed by atoms with Crippen LogP contribution in [-0.4, -0.2) is 37.3 Å². The van der Waals surface area contributed by atoms with Crippen LogP contribution in [0, 0.1) is 0 Å². The van der Waals surface area contributed by atoms with Crippen LogP contribution in [0.2, 0.25) is 0 Å². The van der Waals surface area contributed by atoms with Gasteiger partial charge in [0.1, 0.15) is 0 Å². The van der Waals surface area contributed by atoms with Crippen molar-refractivity contribution in [1.29, 1.82) is 0 Å². The van der Waals surface area contributed by atoms with Crippen LogP contribution in [0.3, 0.4) is 0 Å².